The second kappa shape index (κ2) is 22.8. The van der Waals surface area contributed by atoms with Crippen LogP contribution in [0.1, 0.15) is 83.1 Å². The first kappa shape index (κ1) is 37.9. The zero-order valence-electron chi connectivity index (χ0n) is 23.2. The molecule has 0 saturated carbocycles. The fraction of sp³-hybridized carbons (Fsp3) is 0.875. The molecular formula is C24H51LaN6. The minimum Gasteiger partial charge on any atom is -0.538 e. The van der Waals surface area contributed by atoms with Crippen molar-refractivity contribution in [3.63, 3.8) is 0 Å². The van der Waals surface area contributed by atoms with Gasteiger partial charge in [0.25, 0.3) is 0 Å². The third-order valence-electron chi connectivity index (χ3n) is 3.74. The molecule has 0 N–H and O–H groups in total. The molecule has 31 heavy (non-hydrogen) atoms. The SMILES string of the molecule is CC(C)N=[C-]N(C)C(C)C.CC(C)N=[C-]N(C)C(C)C.CC(C)N=[C-]N(C)C(C)C.[La+3]. The van der Waals surface area contributed by atoms with E-state index in [-0.39, 0.29) is 35.6 Å². The van der Waals surface area contributed by atoms with Crippen LogP contribution in [0.2, 0.25) is 0 Å². The molecule has 0 fully saturated rings. The third-order valence-corrected chi connectivity index (χ3v) is 3.74. The molecule has 0 aromatic rings. The Kier molecular flexibility index (Phi) is 27.9. The van der Waals surface area contributed by atoms with Crippen LogP contribution in [0, 0.1) is 35.6 Å². The first-order valence-corrected chi connectivity index (χ1v) is 11.2. The van der Waals surface area contributed by atoms with Gasteiger partial charge < -0.3 is 29.7 Å². The second-order valence-corrected chi connectivity index (χ2v) is 9.08. The van der Waals surface area contributed by atoms with E-state index in [0.29, 0.717) is 36.3 Å². The van der Waals surface area contributed by atoms with E-state index < -0.39 is 0 Å². The van der Waals surface area contributed by atoms with Gasteiger partial charge in [-0.25, -0.2) is 0 Å². The van der Waals surface area contributed by atoms with Crippen molar-refractivity contribution in [1.29, 1.82) is 0 Å². The fourth-order valence-electron chi connectivity index (χ4n) is 0.966. The molecule has 0 aliphatic carbocycles. The Balaban J connectivity index is -0.000000174. The smallest absolute Gasteiger partial charge is 0.538 e. The van der Waals surface area contributed by atoms with E-state index >= 15 is 0 Å². The quantitative estimate of drug-likeness (QED) is 0.174. The molecule has 180 valence electrons. The van der Waals surface area contributed by atoms with E-state index in [1.807, 2.05) is 77.4 Å². The maximum absolute atomic E-state index is 4.12. The van der Waals surface area contributed by atoms with E-state index in [1.54, 1.807) is 0 Å². The van der Waals surface area contributed by atoms with E-state index in [0.717, 1.165) is 0 Å². The van der Waals surface area contributed by atoms with E-state index in [2.05, 4.69) is 75.5 Å². The van der Waals surface area contributed by atoms with Crippen molar-refractivity contribution in [2.24, 2.45) is 15.0 Å². The third kappa shape index (κ3) is 31.9. The van der Waals surface area contributed by atoms with Crippen LogP contribution in [0.25, 0.3) is 0 Å². The summed E-state index contributed by atoms with van der Waals surface area (Å²) >= 11 is 0. The Morgan fingerprint density at radius 1 is 0.419 bits per heavy atom. The van der Waals surface area contributed by atoms with Gasteiger partial charge >= 0.3 is 35.6 Å². The van der Waals surface area contributed by atoms with Gasteiger partial charge in [0.05, 0.1) is 0 Å². The van der Waals surface area contributed by atoms with E-state index in [9.17, 15) is 0 Å². The number of hydrogen-bond donors (Lipinski definition) is 0. The van der Waals surface area contributed by atoms with Gasteiger partial charge in [-0.2, -0.15) is 0 Å². The zero-order chi connectivity index (χ0) is 24.4. The van der Waals surface area contributed by atoms with Crippen molar-refractivity contribution in [3.05, 3.63) is 0 Å². The maximum atomic E-state index is 4.12. The second-order valence-electron chi connectivity index (χ2n) is 9.08. The summed E-state index contributed by atoms with van der Waals surface area (Å²) in [6, 6.07) is 2.51. The zero-order valence-corrected chi connectivity index (χ0v) is 26.9. The van der Waals surface area contributed by atoms with Crippen LogP contribution < -0.4 is 0 Å². The molecule has 0 bridgehead atoms. The van der Waals surface area contributed by atoms with Gasteiger partial charge in [-0.3, -0.25) is 19.0 Å². The summed E-state index contributed by atoms with van der Waals surface area (Å²) < 4.78 is 0. The van der Waals surface area contributed by atoms with Crippen LogP contribution in [0.4, 0.5) is 0 Å². The molecule has 0 atom stereocenters. The van der Waals surface area contributed by atoms with Crippen molar-refractivity contribution < 1.29 is 35.6 Å². The van der Waals surface area contributed by atoms with E-state index in [1.165, 1.54) is 0 Å². The summed E-state index contributed by atoms with van der Waals surface area (Å²) in [4.78, 5) is 18.3. The molecular weight excluding hydrogens is 511 g/mol. The Morgan fingerprint density at radius 2 is 0.581 bits per heavy atom. The van der Waals surface area contributed by atoms with Gasteiger partial charge in [-0.05, 0) is 122 Å². The van der Waals surface area contributed by atoms with Gasteiger partial charge in [0, 0.05) is 18.1 Å². The molecule has 0 amide bonds. The van der Waals surface area contributed by atoms with Gasteiger partial charge in [-0.15, -0.1) is 0 Å². The predicted octanol–water partition coefficient (Wildman–Crippen LogP) is 4.92. The summed E-state index contributed by atoms with van der Waals surface area (Å²) in [7, 11) is 5.95. The largest absolute Gasteiger partial charge is 3.00 e. The molecule has 0 aliphatic heterocycles. The van der Waals surface area contributed by atoms with Crippen molar-refractivity contribution in [1.82, 2.24) is 14.7 Å². The normalized spacial score (nSPS) is 11.5. The monoisotopic (exact) mass is 562 g/mol. The van der Waals surface area contributed by atoms with Crippen molar-refractivity contribution in [3.8, 4) is 0 Å². The number of nitrogens with zero attached hydrogens (tertiary/aromatic N) is 6. The maximum Gasteiger partial charge on any atom is 3.00 e. The minimum absolute atomic E-state index is 0. The average Bonchev–Trinajstić information content (AvgIpc) is 2.62. The van der Waals surface area contributed by atoms with Gasteiger partial charge in [-0.1, -0.05) is 0 Å². The van der Waals surface area contributed by atoms with Crippen LogP contribution in [-0.4, -0.2) is 91.1 Å². The molecule has 0 aromatic carbocycles. The molecule has 0 rings (SSSR count). The Bertz CT molecular complexity index is 390. The van der Waals surface area contributed by atoms with Crippen LogP contribution in [0.5, 0.6) is 0 Å². The topological polar surface area (TPSA) is 46.8 Å². The van der Waals surface area contributed by atoms with Crippen LogP contribution in [0.3, 0.4) is 0 Å². The number of rotatable bonds is 9. The Morgan fingerprint density at radius 3 is 0.677 bits per heavy atom. The molecule has 0 heterocycles. The van der Waals surface area contributed by atoms with Crippen molar-refractivity contribution >= 4 is 19.0 Å². The Hall–Kier alpha value is -0.395. The van der Waals surface area contributed by atoms with Gasteiger partial charge in [0.15, 0.2) is 0 Å². The molecule has 0 aromatic heterocycles. The van der Waals surface area contributed by atoms with Crippen molar-refractivity contribution in [2.75, 3.05) is 21.1 Å². The summed E-state index contributed by atoms with van der Waals surface area (Å²) in [5.41, 5.74) is 0. The number of hydrogen-bond acceptors (Lipinski definition) is 3. The molecule has 0 saturated heterocycles. The molecule has 7 heteroatoms. The van der Waals surface area contributed by atoms with Crippen LogP contribution in [-0.2, 0) is 0 Å². The molecule has 0 radical (unpaired) electrons. The fourth-order valence-corrected chi connectivity index (χ4v) is 0.966. The molecule has 0 aliphatic rings. The van der Waals surface area contributed by atoms with Crippen LogP contribution >= 0.6 is 0 Å². The first-order chi connectivity index (χ1) is 13.6. The summed E-state index contributed by atoms with van der Waals surface area (Å²) in [6.45, 7) is 24.9. The van der Waals surface area contributed by atoms with Crippen LogP contribution in [0.15, 0.2) is 15.0 Å². The summed E-state index contributed by atoms with van der Waals surface area (Å²) in [5.74, 6) is 0. The molecule has 0 unspecified atom stereocenters. The summed E-state index contributed by atoms with van der Waals surface area (Å²) in [6.07, 6.45) is 8.82. The Labute approximate surface area is 223 Å². The predicted molar refractivity (Wildman–Crippen MR) is 136 cm³/mol. The number of aliphatic imine (C=N–C) groups is 3. The molecule has 6 nitrogen and oxygen atoms in total. The first-order valence-electron chi connectivity index (χ1n) is 11.2. The standard InChI is InChI=1S/3C8H17N2.La/c3*1-7(2)9-6-10(5)8(3)4;/h3*7-8H,1-5H3;/q3*-1;+3. The summed E-state index contributed by atoms with van der Waals surface area (Å²) in [5, 5.41) is 0. The average molecular weight is 563 g/mol. The van der Waals surface area contributed by atoms with E-state index in [4.69, 9.17) is 0 Å². The van der Waals surface area contributed by atoms with Gasteiger partial charge in [0.1, 0.15) is 0 Å². The molecule has 0 spiro atoms. The minimum atomic E-state index is 0. The van der Waals surface area contributed by atoms with Gasteiger partial charge in [0.2, 0.25) is 0 Å². The van der Waals surface area contributed by atoms with Crippen molar-refractivity contribution in [2.45, 2.75) is 119 Å².